The van der Waals surface area contributed by atoms with Gasteiger partial charge in [-0.2, -0.15) is 5.10 Å². The van der Waals surface area contributed by atoms with E-state index in [4.69, 9.17) is 4.74 Å². The number of amides is 1. The molecule has 1 aromatic heterocycles. The van der Waals surface area contributed by atoms with Crippen LogP contribution in [0.25, 0.3) is 16.9 Å². The molecule has 0 aliphatic heterocycles. The minimum Gasteiger partial charge on any atom is -0.497 e. The number of hydrogen-bond acceptors (Lipinski definition) is 4. The molecule has 0 aliphatic rings. The first-order valence-corrected chi connectivity index (χ1v) is 9.77. The van der Waals surface area contributed by atoms with E-state index in [2.05, 4.69) is 10.4 Å². The summed E-state index contributed by atoms with van der Waals surface area (Å²) in [6, 6.07) is 23.9. The van der Waals surface area contributed by atoms with Gasteiger partial charge in [-0.15, -0.1) is 0 Å². The Morgan fingerprint density at radius 1 is 0.935 bits per heavy atom. The minimum atomic E-state index is -0.319. The van der Waals surface area contributed by atoms with Gasteiger partial charge in [0, 0.05) is 23.0 Å². The number of aromatic nitrogens is 2. The number of carbonyl (C=O) groups is 2. The van der Waals surface area contributed by atoms with Gasteiger partial charge in [0.05, 0.1) is 18.4 Å². The Morgan fingerprint density at radius 2 is 1.71 bits per heavy atom. The summed E-state index contributed by atoms with van der Waals surface area (Å²) in [4.78, 5) is 24.9. The number of nitrogens with one attached hydrogen (secondary N) is 1. The Morgan fingerprint density at radius 3 is 2.45 bits per heavy atom. The summed E-state index contributed by atoms with van der Waals surface area (Å²) < 4.78 is 7.01. The van der Waals surface area contributed by atoms with E-state index < -0.39 is 0 Å². The van der Waals surface area contributed by atoms with Gasteiger partial charge in [-0.25, -0.2) is 4.68 Å². The quantitative estimate of drug-likeness (QED) is 0.453. The second-order valence-electron chi connectivity index (χ2n) is 6.99. The molecule has 4 rings (SSSR count). The fourth-order valence-electron chi connectivity index (χ4n) is 3.25. The number of para-hydroxylation sites is 1. The number of carbonyl (C=O) groups excluding carboxylic acids is 2. The maximum atomic E-state index is 13.2. The Bertz CT molecular complexity index is 1250. The normalized spacial score (nSPS) is 10.5. The van der Waals surface area contributed by atoms with E-state index in [1.54, 1.807) is 42.3 Å². The third-order valence-corrected chi connectivity index (χ3v) is 4.85. The average molecular weight is 411 g/mol. The van der Waals surface area contributed by atoms with Crippen molar-refractivity contribution in [3.8, 4) is 22.7 Å². The van der Waals surface area contributed by atoms with Crippen LogP contribution >= 0.6 is 0 Å². The number of benzene rings is 3. The molecule has 0 aliphatic carbocycles. The standard InChI is InChI=1S/C25H21N3O3/c1-17(29)18-8-6-10-20(14-18)26-25(30)23-16-28(21-11-4-3-5-12-21)27-24(23)19-9-7-13-22(15-19)31-2/h3-16H,1-2H3,(H,26,30). The third-order valence-electron chi connectivity index (χ3n) is 4.85. The van der Waals surface area contributed by atoms with Gasteiger partial charge >= 0.3 is 0 Å². The van der Waals surface area contributed by atoms with Crippen LogP contribution < -0.4 is 10.1 Å². The molecule has 0 atom stereocenters. The van der Waals surface area contributed by atoms with Gasteiger partial charge in [0.1, 0.15) is 11.4 Å². The Hall–Kier alpha value is -4.19. The van der Waals surface area contributed by atoms with Crippen molar-refractivity contribution in [2.45, 2.75) is 6.92 Å². The Kier molecular flexibility index (Phi) is 5.62. The maximum absolute atomic E-state index is 13.2. The molecule has 31 heavy (non-hydrogen) atoms. The van der Waals surface area contributed by atoms with E-state index in [0.29, 0.717) is 28.3 Å². The van der Waals surface area contributed by atoms with Gasteiger partial charge in [-0.3, -0.25) is 9.59 Å². The van der Waals surface area contributed by atoms with Crippen molar-refractivity contribution < 1.29 is 14.3 Å². The summed E-state index contributed by atoms with van der Waals surface area (Å²) >= 11 is 0. The highest BCUT2D eigenvalue weighted by molar-refractivity contribution is 6.08. The largest absolute Gasteiger partial charge is 0.497 e. The molecule has 3 aromatic carbocycles. The smallest absolute Gasteiger partial charge is 0.259 e. The molecule has 0 saturated carbocycles. The highest BCUT2D eigenvalue weighted by atomic mass is 16.5. The van der Waals surface area contributed by atoms with Crippen LogP contribution in [0.2, 0.25) is 0 Å². The zero-order valence-electron chi connectivity index (χ0n) is 17.2. The van der Waals surface area contributed by atoms with Gasteiger partial charge in [0.2, 0.25) is 0 Å². The molecule has 4 aromatic rings. The summed E-state index contributed by atoms with van der Waals surface area (Å²) in [5, 5.41) is 7.56. The Balaban J connectivity index is 1.76. The molecular formula is C25H21N3O3. The van der Waals surface area contributed by atoms with E-state index >= 15 is 0 Å². The van der Waals surface area contributed by atoms with Gasteiger partial charge in [0.25, 0.3) is 5.91 Å². The number of ketones is 1. The summed E-state index contributed by atoms with van der Waals surface area (Å²) in [5.41, 5.74) is 3.61. The molecule has 0 spiro atoms. The number of methoxy groups -OCH3 is 1. The lowest BCUT2D eigenvalue weighted by atomic mass is 10.1. The van der Waals surface area contributed by atoms with Crippen LogP contribution in [0.15, 0.2) is 85.1 Å². The highest BCUT2D eigenvalue weighted by Gasteiger charge is 2.19. The van der Waals surface area contributed by atoms with E-state index in [9.17, 15) is 9.59 Å². The topological polar surface area (TPSA) is 73.2 Å². The molecule has 6 heteroatoms. The summed E-state index contributed by atoms with van der Waals surface area (Å²) in [6.45, 7) is 1.49. The van der Waals surface area contributed by atoms with Crippen LogP contribution in [-0.2, 0) is 0 Å². The molecule has 1 heterocycles. The number of hydrogen-bond donors (Lipinski definition) is 1. The molecule has 0 fully saturated rings. The van der Waals surface area contributed by atoms with Crippen molar-refractivity contribution in [3.63, 3.8) is 0 Å². The SMILES string of the molecule is COc1cccc(-c2nn(-c3ccccc3)cc2C(=O)Nc2cccc(C(C)=O)c2)c1. The first kappa shape index (κ1) is 20.1. The predicted molar refractivity (Wildman–Crippen MR) is 120 cm³/mol. The van der Waals surface area contributed by atoms with Gasteiger partial charge < -0.3 is 10.1 Å². The van der Waals surface area contributed by atoms with Crippen LogP contribution in [0.4, 0.5) is 5.69 Å². The molecule has 0 unspecified atom stereocenters. The zero-order valence-corrected chi connectivity index (χ0v) is 17.2. The molecular weight excluding hydrogens is 390 g/mol. The zero-order chi connectivity index (χ0) is 21.8. The number of ether oxygens (including phenoxy) is 1. The first-order valence-electron chi connectivity index (χ1n) is 9.77. The molecule has 0 bridgehead atoms. The lowest BCUT2D eigenvalue weighted by molar-refractivity contribution is 0.101. The van der Waals surface area contributed by atoms with E-state index in [0.717, 1.165) is 11.3 Å². The fraction of sp³-hybridized carbons (Fsp3) is 0.0800. The van der Waals surface area contributed by atoms with Crippen molar-refractivity contribution in [3.05, 3.63) is 96.2 Å². The van der Waals surface area contributed by atoms with Crippen molar-refractivity contribution in [1.29, 1.82) is 0 Å². The third kappa shape index (κ3) is 4.38. The van der Waals surface area contributed by atoms with Crippen molar-refractivity contribution in [1.82, 2.24) is 9.78 Å². The number of rotatable bonds is 6. The monoisotopic (exact) mass is 411 g/mol. The van der Waals surface area contributed by atoms with Crippen molar-refractivity contribution in [2.75, 3.05) is 12.4 Å². The Labute approximate surface area is 180 Å². The summed E-state index contributed by atoms with van der Waals surface area (Å²) in [7, 11) is 1.59. The lowest BCUT2D eigenvalue weighted by Gasteiger charge is -2.07. The lowest BCUT2D eigenvalue weighted by Crippen LogP contribution is -2.12. The maximum Gasteiger partial charge on any atom is 0.259 e. The number of Topliss-reactive ketones (excluding diaryl/α,β-unsaturated/α-hetero) is 1. The van der Waals surface area contributed by atoms with Gasteiger partial charge in [-0.05, 0) is 43.3 Å². The van der Waals surface area contributed by atoms with Crippen molar-refractivity contribution >= 4 is 17.4 Å². The number of anilines is 1. The highest BCUT2D eigenvalue weighted by Crippen LogP contribution is 2.27. The molecule has 1 N–H and O–H groups in total. The predicted octanol–water partition coefficient (Wildman–Crippen LogP) is 5.00. The molecule has 0 saturated heterocycles. The first-order chi connectivity index (χ1) is 15.0. The van der Waals surface area contributed by atoms with E-state index in [1.807, 2.05) is 54.6 Å². The van der Waals surface area contributed by atoms with Gasteiger partial charge in [0.15, 0.2) is 5.78 Å². The average Bonchev–Trinajstić information content (AvgIpc) is 3.26. The fourth-order valence-corrected chi connectivity index (χ4v) is 3.25. The summed E-state index contributed by atoms with van der Waals surface area (Å²) in [5.74, 6) is 0.290. The van der Waals surface area contributed by atoms with Crippen LogP contribution in [-0.4, -0.2) is 28.6 Å². The molecule has 154 valence electrons. The van der Waals surface area contributed by atoms with Crippen LogP contribution in [0.3, 0.4) is 0 Å². The molecule has 6 nitrogen and oxygen atoms in total. The van der Waals surface area contributed by atoms with Crippen molar-refractivity contribution in [2.24, 2.45) is 0 Å². The van der Waals surface area contributed by atoms with Gasteiger partial charge in [-0.1, -0.05) is 42.5 Å². The van der Waals surface area contributed by atoms with Crippen LogP contribution in [0, 0.1) is 0 Å². The van der Waals surface area contributed by atoms with E-state index in [1.165, 1.54) is 6.92 Å². The minimum absolute atomic E-state index is 0.0648. The summed E-state index contributed by atoms with van der Waals surface area (Å²) in [6.07, 6.45) is 1.70. The van der Waals surface area contributed by atoms with Crippen LogP contribution in [0.5, 0.6) is 5.75 Å². The second-order valence-corrected chi connectivity index (χ2v) is 6.99. The number of nitrogens with zero attached hydrogens (tertiary/aromatic N) is 2. The molecule has 0 radical (unpaired) electrons. The second kappa shape index (κ2) is 8.67. The van der Waals surface area contributed by atoms with Crippen LogP contribution in [0.1, 0.15) is 27.6 Å². The molecule has 1 amide bonds. The van der Waals surface area contributed by atoms with E-state index in [-0.39, 0.29) is 11.7 Å².